The van der Waals surface area contributed by atoms with Gasteiger partial charge in [0, 0.05) is 44.5 Å². The molecule has 0 bridgehead atoms. The highest BCUT2D eigenvalue weighted by Crippen LogP contribution is 2.08. The molecular formula is C14H26N4O. The Morgan fingerprint density at radius 3 is 2.74 bits per heavy atom. The Balaban J connectivity index is 1.76. The summed E-state index contributed by atoms with van der Waals surface area (Å²) in [6.07, 6.45) is 3.86. The Labute approximate surface area is 116 Å². The maximum Gasteiger partial charge on any atom is 0.0951 e. The fourth-order valence-corrected chi connectivity index (χ4v) is 2.45. The average Bonchev–Trinajstić information content (AvgIpc) is 2.86. The lowest BCUT2D eigenvalue weighted by Gasteiger charge is -2.29. The third-order valence-electron chi connectivity index (χ3n) is 3.57. The van der Waals surface area contributed by atoms with Crippen LogP contribution in [0, 0.1) is 0 Å². The molecule has 5 nitrogen and oxygen atoms in total. The van der Waals surface area contributed by atoms with Crippen LogP contribution in [0.3, 0.4) is 0 Å². The molecule has 1 aliphatic rings. The van der Waals surface area contributed by atoms with Crippen molar-refractivity contribution in [1.82, 2.24) is 19.8 Å². The highest BCUT2D eigenvalue weighted by molar-refractivity contribution is 4.99. The molecule has 0 radical (unpaired) electrons. The fraction of sp³-hybridized carbons (Fsp3) is 0.786. The SMILES string of the molecule is CC(CN1CCOCC1)NCc1cncn1C(C)C. The zero-order chi connectivity index (χ0) is 13.7. The molecule has 1 aromatic rings. The first kappa shape index (κ1) is 14.5. The Hall–Kier alpha value is -0.910. The molecule has 0 amide bonds. The molecule has 0 aromatic carbocycles. The number of aromatic nitrogens is 2. The van der Waals surface area contributed by atoms with E-state index in [-0.39, 0.29) is 0 Å². The smallest absolute Gasteiger partial charge is 0.0951 e. The van der Waals surface area contributed by atoms with Gasteiger partial charge >= 0.3 is 0 Å². The van der Waals surface area contributed by atoms with Gasteiger partial charge in [-0.25, -0.2) is 4.98 Å². The summed E-state index contributed by atoms with van der Waals surface area (Å²) in [7, 11) is 0. The first-order valence-electron chi connectivity index (χ1n) is 7.21. The van der Waals surface area contributed by atoms with Crippen LogP contribution < -0.4 is 5.32 Å². The summed E-state index contributed by atoms with van der Waals surface area (Å²) in [6, 6.07) is 0.947. The molecule has 1 fully saturated rings. The van der Waals surface area contributed by atoms with Crippen molar-refractivity contribution in [2.45, 2.75) is 39.4 Å². The Morgan fingerprint density at radius 2 is 2.05 bits per heavy atom. The third-order valence-corrected chi connectivity index (χ3v) is 3.57. The number of imidazole rings is 1. The predicted octanol–water partition coefficient (Wildman–Crippen LogP) is 1.27. The highest BCUT2D eigenvalue weighted by atomic mass is 16.5. The second-order valence-electron chi connectivity index (χ2n) is 5.58. The molecule has 1 atom stereocenters. The molecule has 0 spiro atoms. The van der Waals surface area contributed by atoms with E-state index in [2.05, 4.69) is 40.5 Å². The largest absolute Gasteiger partial charge is 0.379 e. The average molecular weight is 266 g/mol. The van der Waals surface area contributed by atoms with E-state index in [9.17, 15) is 0 Å². The summed E-state index contributed by atoms with van der Waals surface area (Å²) >= 11 is 0. The zero-order valence-corrected chi connectivity index (χ0v) is 12.3. The maximum absolute atomic E-state index is 5.37. The number of nitrogens with one attached hydrogen (secondary N) is 1. The molecule has 2 heterocycles. The van der Waals surface area contributed by atoms with Gasteiger partial charge in [0.15, 0.2) is 0 Å². The summed E-state index contributed by atoms with van der Waals surface area (Å²) < 4.78 is 7.59. The van der Waals surface area contributed by atoms with Crippen molar-refractivity contribution in [3.8, 4) is 0 Å². The van der Waals surface area contributed by atoms with Gasteiger partial charge in [0.2, 0.25) is 0 Å². The molecule has 1 aromatic heterocycles. The normalized spacial score (nSPS) is 18.9. The lowest BCUT2D eigenvalue weighted by atomic mass is 10.2. The number of rotatable bonds is 6. The second-order valence-corrected chi connectivity index (χ2v) is 5.58. The van der Waals surface area contributed by atoms with Crippen molar-refractivity contribution in [2.24, 2.45) is 0 Å². The van der Waals surface area contributed by atoms with Gasteiger partial charge in [-0.05, 0) is 20.8 Å². The lowest BCUT2D eigenvalue weighted by molar-refractivity contribution is 0.0343. The van der Waals surface area contributed by atoms with Crippen molar-refractivity contribution in [1.29, 1.82) is 0 Å². The van der Waals surface area contributed by atoms with Gasteiger partial charge in [-0.1, -0.05) is 0 Å². The monoisotopic (exact) mass is 266 g/mol. The van der Waals surface area contributed by atoms with Gasteiger partial charge in [-0.15, -0.1) is 0 Å². The van der Waals surface area contributed by atoms with E-state index < -0.39 is 0 Å². The number of nitrogens with zero attached hydrogens (tertiary/aromatic N) is 3. The van der Waals surface area contributed by atoms with Gasteiger partial charge in [0.25, 0.3) is 0 Å². The Bertz CT molecular complexity index is 371. The molecule has 1 N–H and O–H groups in total. The molecule has 2 rings (SSSR count). The molecular weight excluding hydrogens is 240 g/mol. The fourth-order valence-electron chi connectivity index (χ4n) is 2.45. The van der Waals surface area contributed by atoms with Gasteiger partial charge in [0.1, 0.15) is 0 Å². The third kappa shape index (κ3) is 4.30. The van der Waals surface area contributed by atoms with Crippen molar-refractivity contribution < 1.29 is 4.74 Å². The number of ether oxygens (including phenoxy) is 1. The van der Waals surface area contributed by atoms with E-state index in [1.807, 2.05) is 12.5 Å². The molecule has 1 saturated heterocycles. The van der Waals surface area contributed by atoms with Gasteiger partial charge in [0.05, 0.1) is 25.2 Å². The van der Waals surface area contributed by atoms with Crippen LogP contribution >= 0.6 is 0 Å². The first-order chi connectivity index (χ1) is 9.16. The van der Waals surface area contributed by atoms with E-state index in [0.717, 1.165) is 39.4 Å². The van der Waals surface area contributed by atoms with Crippen LogP contribution in [-0.2, 0) is 11.3 Å². The Kier molecular flexibility index (Phi) is 5.36. The van der Waals surface area contributed by atoms with Crippen LogP contribution in [0.4, 0.5) is 0 Å². The van der Waals surface area contributed by atoms with Crippen molar-refractivity contribution in [3.63, 3.8) is 0 Å². The van der Waals surface area contributed by atoms with Gasteiger partial charge < -0.3 is 14.6 Å². The van der Waals surface area contributed by atoms with E-state index >= 15 is 0 Å². The minimum absolute atomic E-state index is 0.467. The summed E-state index contributed by atoms with van der Waals surface area (Å²) in [6.45, 7) is 12.4. The van der Waals surface area contributed by atoms with Crippen LogP contribution in [0.1, 0.15) is 32.5 Å². The molecule has 5 heteroatoms. The van der Waals surface area contributed by atoms with E-state index in [1.54, 1.807) is 0 Å². The van der Waals surface area contributed by atoms with Crippen LogP contribution in [0.25, 0.3) is 0 Å². The van der Waals surface area contributed by atoms with Crippen LogP contribution in [0.5, 0.6) is 0 Å². The standard InChI is InChI=1S/C14H26N4O/c1-12(2)18-11-15-8-14(18)9-16-13(3)10-17-4-6-19-7-5-17/h8,11-13,16H,4-7,9-10H2,1-3H3. The number of hydrogen-bond acceptors (Lipinski definition) is 4. The van der Waals surface area contributed by atoms with Crippen LogP contribution in [0.2, 0.25) is 0 Å². The summed E-state index contributed by atoms with van der Waals surface area (Å²) in [5.74, 6) is 0. The van der Waals surface area contributed by atoms with Crippen molar-refractivity contribution in [3.05, 3.63) is 18.2 Å². The first-order valence-corrected chi connectivity index (χ1v) is 7.21. The van der Waals surface area contributed by atoms with E-state index in [4.69, 9.17) is 4.74 Å². The summed E-state index contributed by atoms with van der Waals surface area (Å²) in [4.78, 5) is 6.69. The van der Waals surface area contributed by atoms with Crippen LogP contribution in [0.15, 0.2) is 12.5 Å². The number of hydrogen-bond donors (Lipinski definition) is 1. The molecule has 108 valence electrons. The summed E-state index contributed by atoms with van der Waals surface area (Å²) in [5.41, 5.74) is 1.25. The minimum atomic E-state index is 0.467. The molecule has 1 aliphatic heterocycles. The zero-order valence-electron chi connectivity index (χ0n) is 12.3. The molecule has 19 heavy (non-hydrogen) atoms. The second kappa shape index (κ2) is 7.03. The van der Waals surface area contributed by atoms with Gasteiger partial charge in [-0.2, -0.15) is 0 Å². The molecule has 0 aliphatic carbocycles. The summed E-state index contributed by atoms with van der Waals surface area (Å²) in [5, 5.41) is 3.58. The lowest BCUT2D eigenvalue weighted by Crippen LogP contribution is -2.44. The highest BCUT2D eigenvalue weighted by Gasteiger charge is 2.14. The minimum Gasteiger partial charge on any atom is -0.379 e. The van der Waals surface area contributed by atoms with Gasteiger partial charge in [-0.3, -0.25) is 4.90 Å². The van der Waals surface area contributed by atoms with E-state index in [0.29, 0.717) is 12.1 Å². The van der Waals surface area contributed by atoms with Crippen LogP contribution in [-0.4, -0.2) is 53.3 Å². The molecule has 0 saturated carbocycles. The van der Waals surface area contributed by atoms with E-state index in [1.165, 1.54) is 5.69 Å². The Morgan fingerprint density at radius 1 is 1.32 bits per heavy atom. The maximum atomic E-state index is 5.37. The predicted molar refractivity (Wildman–Crippen MR) is 76.2 cm³/mol. The molecule has 1 unspecified atom stereocenters. The quantitative estimate of drug-likeness (QED) is 0.842. The number of morpholine rings is 1. The van der Waals surface area contributed by atoms with Crippen molar-refractivity contribution >= 4 is 0 Å². The topological polar surface area (TPSA) is 42.3 Å². The van der Waals surface area contributed by atoms with Crippen molar-refractivity contribution in [2.75, 3.05) is 32.8 Å².